The number of phenols is 1. The van der Waals surface area contributed by atoms with Gasteiger partial charge >= 0.3 is 5.97 Å². The molecule has 29 heavy (non-hydrogen) atoms. The van der Waals surface area contributed by atoms with Crippen LogP contribution in [0.2, 0.25) is 0 Å². The summed E-state index contributed by atoms with van der Waals surface area (Å²) in [6.07, 6.45) is 3.59. The number of benzene rings is 2. The molecular weight excluding hydrogens is 366 g/mol. The number of nitrogen functional groups attached to an aromatic ring is 1. The first-order chi connectivity index (χ1) is 13.9. The number of ether oxygens (including phenoxy) is 1. The maximum absolute atomic E-state index is 12.9. The van der Waals surface area contributed by atoms with E-state index in [4.69, 9.17) is 10.5 Å². The molecule has 5 nitrogen and oxygen atoms in total. The Hall–Kier alpha value is -2.82. The van der Waals surface area contributed by atoms with Crippen molar-refractivity contribution in [1.82, 2.24) is 0 Å². The van der Waals surface area contributed by atoms with Gasteiger partial charge in [0.25, 0.3) is 0 Å². The smallest absolute Gasteiger partial charge is 0.342 e. The number of aromatic hydroxyl groups is 1. The number of carbonyl (C=O) groups excluding carboxylic acids is 2. The number of ketones is 1. The monoisotopic (exact) mass is 397 g/mol. The zero-order valence-corrected chi connectivity index (χ0v) is 17.5. The Balaban J connectivity index is 2.32. The number of aryl methyl sites for hydroxylation is 1. The molecule has 1 atom stereocenters. The molecule has 2 aromatic carbocycles. The zero-order valence-electron chi connectivity index (χ0n) is 17.5. The summed E-state index contributed by atoms with van der Waals surface area (Å²) in [6, 6.07) is 10.4. The van der Waals surface area contributed by atoms with E-state index in [1.165, 1.54) is 0 Å². The van der Waals surface area contributed by atoms with Gasteiger partial charge in [-0.3, -0.25) is 4.79 Å². The Morgan fingerprint density at radius 2 is 1.76 bits per heavy atom. The van der Waals surface area contributed by atoms with E-state index in [1.54, 1.807) is 30.3 Å². The van der Waals surface area contributed by atoms with Crippen LogP contribution in [0, 0.1) is 0 Å². The minimum absolute atomic E-state index is 0.0119. The Labute approximate surface area is 172 Å². The first kappa shape index (κ1) is 22.5. The van der Waals surface area contributed by atoms with Gasteiger partial charge in [-0.05, 0) is 42.9 Å². The summed E-state index contributed by atoms with van der Waals surface area (Å²) in [5, 5.41) is 10.5. The topological polar surface area (TPSA) is 89.6 Å². The van der Waals surface area contributed by atoms with Gasteiger partial charge in [0, 0.05) is 5.56 Å². The van der Waals surface area contributed by atoms with E-state index in [2.05, 4.69) is 6.92 Å². The van der Waals surface area contributed by atoms with Gasteiger partial charge in [0.2, 0.25) is 5.78 Å². The molecular formula is C24H31NO4. The lowest BCUT2D eigenvalue weighted by Crippen LogP contribution is -2.28. The average Bonchev–Trinajstić information content (AvgIpc) is 2.74. The molecule has 0 radical (unpaired) electrons. The van der Waals surface area contributed by atoms with Crippen molar-refractivity contribution in [2.45, 2.75) is 65.4 Å². The van der Waals surface area contributed by atoms with Gasteiger partial charge in [-0.25, -0.2) is 4.79 Å². The van der Waals surface area contributed by atoms with Crippen LogP contribution in [-0.4, -0.2) is 23.0 Å². The quantitative estimate of drug-likeness (QED) is 0.192. The highest BCUT2D eigenvalue weighted by Crippen LogP contribution is 2.33. The van der Waals surface area contributed by atoms with E-state index in [1.807, 2.05) is 19.9 Å². The number of carbonyl (C=O) groups is 2. The van der Waals surface area contributed by atoms with Gasteiger partial charge in [0.1, 0.15) is 5.56 Å². The molecule has 0 amide bonds. The molecule has 0 saturated carbocycles. The van der Waals surface area contributed by atoms with Crippen LogP contribution in [0.1, 0.15) is 78.3 Å². The molecule has 156 valence electrons. The number of phenolic OH excluding ortho intramolecular Hbond substituents is 1. The molecule has 0 fully saturated rings. The van der Waals surface area contributed by atoms with Crippen molar-refractivity contribution in [3.05, 3.63) is 58.7 Å². The molecule has 5 heteroatoms. The molecule has 0 saturated heterocycles. The molecule has 0 spiro atoms. The van der Waals surface area contributed by atoms with Crippen LogP contribution >= 0.6 is 0 Å². The van der Waals surface area contributed by atoms with Crippen LogP contribution in [0.25, 0.3) is 0 Å². The lowest BCUT2D eigenvalue weighted by atomic mass is 9.96. The largest absolute Gasteiger partial charge is 0.505 e. The second-order valence-electron chi connectivity index (χ2n) is 7.15. The summed E-state index contributed by atoms with van der Waals surface area (Å²) in [7, 11) is 0. The van der Waals surface area contributed by atoms with Gasteiger partial charge in [-0.15, -0.1) is 0 Å². The maximum Gasteiger partial charge on any atom is 0.342 e. The Bertz CT molecular complexity index is 846. The second-order valence-corrected chi connectivity index (χ2v) is 7.15. The third kappa shape index (κ3) is 5.37. The number of anilines is 1. The normalized spacial score (nSPS) is 11.8. The lowest BCUT2D eigenvalue weighted by molar-refractivity contribution is 0.0260. The van der Waals surface area contributed by atoms with Gasteiger partial charge in [0.15, 0.2) is 11.9 Å². The average molecular weight is 398 g/mol. The molecule has 3 N–H and O–H groups in total. The molecule has 2 rings (SSSR count). The fourth-order valence-electron chi connectivity index (χ4n) is 3.48. The number of Topliss-reactive ketones (excluding diaryl/α,β-unsaturated/α-hetero) is 1. The predicted octanol–water partition coefficient (Wildman–Crippen LogP) is 5.09. The van der Waals surface area contributed by atoms with Gasteiger partial charge in [-0.2, -0.15) is 0 Å². The number of hydrogen-bond donors (Lipinski definition) is 2. The molecule has 2 aromatic rings. The fraction of sp³-hybridized carbons (Fsp3) is 0.417. The Morgan fingerprint density at radius 3 is 2.34 bits per heavy atom. The predicted molar refractivity (Wildman–Crippen MR) is 115 cm³/mol. The van der Waals surface area contributed by atoms with Crippen LogP contribution in [0.3, 0.4) is 0 Å². The van der Waals surface area contributed by atoms with Gasteiger partial charge < -0.3 is 15.6 Å². The number of rotatable bonds is 10. The zero-order chi connectivity index (χ0) is 21.4. The van der Waals surface area contributed by atoms with Crippen molar-refractivity contribution >= 4 is 17.4 Å². The van der Waals surface area contributed by atoms with Crippen LogP contribution in [0.4, 0.5) is 5.69 Å². The van der Waals surface area contributed by atoms with E-state index in [9.17, 15) is 14.7 Å². The standard InChI is InChI=1S/C24H31NO4/c1-4-7-9-14-20(22(26)17-12-10-8-11-13-17)29-24(28)19-15-16(5-2)18(6-3)21(25)23(19)27/h8,10-13,15,20,27H,4-7,9,14,25H2,1-3H3. The Kier molecular flexibility index (Phi) is 8.25. The Morgan fingerprint density at radius 1 is 1.07 bits per heavy atom. The van der Waals surface area contributed by atoms with E-state index in [0.717, 1.165) is 30.4 Å². The summed E-state index contributed by atoms with van der Waals surface area (Å²) in [5.41, 5.74) is 8.51. The summed E-state index contributed by atoms with van der Waals surface area (Å²) in [6.45, 7) is 5.99. The van der Waals surface area contributed by atoms with Crippen LogP contribution in [0.5, 0.6) is 5.75 Å². The maximum atomic E-state index is 12.9. The number of hydrogen-bond acceptors (Lipinski definition) is 5. The lowest BCUT2D eigenvalue weighted by Gasteiger charge is -2.19. The first-order valence-corrected chi connectivity index (χ1v) is 10.4. The fourth-order valence-corrected chi connectivity index (χ4v) is 3.48. The summed E-state index contributed by atoms with van der Waals surface area (Å²) in [5.74, 6) is -1.23. The first-order valence-electron chi connectivity index (χ1n) is 10.4. The van der Waals surface area contributed by atoms with E-state index in [0.29, 0.717) is 24.8 Å². The third-order valence-electron chi connectivity index (χ3n) is 5.17. The third-order valence-corrected chi connectivity index (χ3v) is 5.17. The molecule has 0 aliphatic rings. The highest BCUT2D eigenvalue weighted by Gasteiger charge is 2.27. The highest BCUT2D eigenvalue weighted by molar-refractivity contribution is 6.02. The molecule has 0 heterocycles. The molecule has 0 bridgehead atoms. The van der Waals surface area contributed by atoms with Crippen LogP contribution in [0.15, 0.2) is 36.4 Å². The number of esters is 1. The number of nitrogens with two attached hydrogens (primary N) is 1. The van der Waals surface area contributed by atoms with Crippen molar-refractivity contribution in [2.75, 3.05) is 5.73 Å². The van der Waals surface area contributed by atoms with Crippen molar-refractivity contribution in [3.8, 4) is 5.75 Å². The minimum Gasteiger partial charge on any atom is -0.505 e. The van der Waals surface area contributed by atoms with Crippen molar-refractivity contribution in [1.29, 1.82) is 0 Å². The van der Waals surface area contributed by atoms with Crippen molar-refractivity contribution in [2.24, 2.45) is 0 Å². The van der Waals surface area contributed by atoms with Crippen LogP contribution < -0.4 is 5.73 Å². The van der Waals surface area contributed by atoms with Crippen LogP contribution in [-0.2, 0) is 17.6 Å². The molecule has 0 aliphatic heterocycles. The van der Waals surface area contributed by atoms with Gasteiger partial charge in [0.05, 0.1) is 5.69 Å². The van der Waals surface area contributed by atoms with E-state index in [-0.39, 0.29) is 22.8 Å². The summed E-state index contributed by atoms with van der Waals surface area (Å²) >= 11 is 0. The summed E-state index contributed by atoms with van der Waals surface area (Å²) in [4.78, 5) is 25.8. The minimum atomic E-state index is -0.895. The molecule has 0 aromatic heterocycles. The number of unbranched alkanes of at least 4 members (excludes halogenated alkanes) is 2. The van der Waals surface area contributed by atoms with E-state index >= 15 is 0 Å². The SMILES string of the molecule is CCCCCC(OC(=O)c1cc(CC)c(CC)c(N)c1O)C(=O)c1ccccc1. The van der Waals surface area contributed by atoms with E-state index < -0.39 is 12.1 Å². The molecule has 1 unspecified atom stereocenters. The van der Waals surface area contributed by atoms with Crippen molar-refractivity contribution < 1.29 is 19.4 Å². The second kappa shape index (κ2) is 10.6. The molecule has 0 aliphatic carbocycles. The van der Waals surface area contributed by atoms with Crippen molar-refractivity contribution in [3.63, 3.8) is 0 Å². The summed E-state index contributed by atoms with van der Waals surface area (Å²) < 4.78 is 5.60. The highest BCUT2D eigenvalue weighted by atomic mass is 16.5. The van der Waals surface area contributed by atoms with Gasteiger partial charge in [-0.1, -0.05) is 63.9 Å².